The molecule has 0 N–H and O–H groups in total. The highest BCUT2D eigenvalue weighted by Gasteiger charge is 2.37. The first-order valence-corrected chi connectivity index (χ1v) is 3.82. The molecule has 0 aromatic carbocycles. The van der Waals surface area contributed by atoms with Gasteiger partial charge in [0.2, 0.25) is 0 Å². The van der Waals surface area contributed by atoms with Crippen molar-refractivity contribution in [2.75, 3.05) is 6.61 Å². The SMILES string of the molecule is C=C(C(=O)OCCCC)C(F)(F)F. The monoisotopic (exact) mass is 196 g/mol. The van der Waals surface area contributed by atoms with Crippen LogP contribution in [0.5, 0.6) is 0 Å². The standard InChI is InChI=1S/C8H11F3O2/c1-3-4-5-13-7(12)6(2)8(9,10)11/h2-5H2,1H3. The van der Waals surface area contributed by atoms with Crippen LogP contribution in [0.3, 0.4) is 0 Å². The maximum absolute atomic E-state index is 11.8. The number of ether oxygens (including phenoxy) is 1. The summed E-state index contributed by atoms with van der Waals surface area (Å²) >= 11 is 0. The van der Waals surface area contributed by atoms with Crippen LogP contribution in [0.25, 0.3) is 0 Å². The number of carbonyl (C=O) groups is 1. The molecule has 2 nitrogen and oxygen atoms in total. The summed E-state index contributed by atoms with van der Waals surface area (Å²) in [5, 5.41) is 0. The van der Waals surface area contributed by atoms with Gasteiger partial charge in [0.25, 0.3) is 0 Å². The Labute approximate surface area is 74.4 Å². The lowest BCUT2D eigenvalue weighted by molar-refractivity contribution is -0.150. The van der Waals surface area contributed by atoms with E-state index in [-0.39, 0.29) is 6.61 Å². The molecule has 0 fully saturated rings. The maximum Gasteiger partial charge on any atom is 0.422 e. The molecule has 0 aliphatic carbocycles. The normalized spacial score (nSPS) is 11.1. The van der Waals surface area contributed by atoms with Crippen LogP contribution in [0.4, 0.5) is 13.2 Å². The van der Waals surface area contributed by atoms with E-state index in [1.807, 2.05) is 6.92 Å². The maximum atomic E-state index is 11.8. The van der Waals surface area contributed by atoms with E-state index < -0.39 is 17.7 Å². The Bertz CT molecular complexity index is 196. The smallest absolute Gasteiger partial charge is 0.422 e. The number of hydrogen-bond acceptors (Lipinski definition) is 2. The second-order valence-corrected chi connectivity index (χ2v) is 2.47. The van der Waals surface area contributed by atoms with Gasteiger partial charge < -0.3 is 4.74 Å². The van der Waals surface area contributed by atoms with Gasteiger partial charge in [0.05, 0.1) is 6.61 Å². The van der Waals surface area contributed by atoms with Crippen LogP contribution in [0.1, 0.15) is 19.8 Å². The van der Waals surface area contributed by atoms with Crippen molar-refractivity contribution in [3.05, 3.63) is 12.2 Å². The third kappa shape index (κ3) is 4.55. The van der Waals surface area contributed by atoms with Crippen molar-refractivity contribution in [1.82, 2.24) is 0 Å². The molecule has 0 aliphatic rings. The van der Waals surface area contributed by atoms with Crippen LogP contribution >= 0.6 is 0 Å². The van der Waals surface area contributed by atoms with E-state index in [4.69, 9.17) is 0 Å². The number of hydrogen-bond donors (Lipinski definition) is 0. The van der Waals surface area contributed by atoms with Gasteiger partial charge in [-0.1, -0.05) is 19.9 Å². The molecule has 0 rings (SSSR count). The first kappa shape index (κ1) is 12.0. The summed E-state index contributed by atoms with van der Waals surface area (Å²) in [4.78, 5) is 10.6. The van der Waals surface area contributed by atoms with Crippen LogP contribution in [0, 0.1) is 0 Å². The van der Waals surface area contributed by atoms with Crippen LogP contribution in [0.2, 0.25) is 0 Å². The molecule has 0 unspecified atom stereocenters. The van der Waals surface area contributed by atoms with Crippen molar-refractivity contribution in [2.24, 2.45) is 0 Å². The molecule has 0 aliphatic heterocycles. The summed E-state index contributed by atoms with van der Waals surface area (Å²) in [6, 6.07) is 0. The predicted molar refractivity (Wildman–Crippen MR) is 41.1 cm³/mol. The van der Waals surface area contributed by atoms with E-state index in [9.17, 15) is 18.0 Å². The van der Waals surface area contributed by atoms with Gasteiger partial charge in [0, 0.05) is 0 Å². The van der Waals surface area contributed by atoms with E-state index >= 15 is 0 Å². The largest absolute Gasteiger partial charge is 0.462 e. The number of esters is 1. The molecule has 0 saturated heterocycles. The van der Waals surface area contributed by atoms with Crippen molar-refractivity contribution < 1.29 is 22.7 Å². The fourth-order valence-electron chi connectivity index (χ4n) is 0.512. The molecule has 5 heteroatoms. The van der Waals surface area contributed by atoms with Crippen molar-refractivity contribution >= 4 is 5.97 Å². The average Bonchev–Trinajstić information content (AvgIpc) is 2.01. The topological polar surface area (TPSA) is 26.3 Å². The number of alkyl halides is 3. The van der Waals surface area contributed by atoms with Gasteiger partial charge in [-0.05, 0) is 6.42 Å². The molecule has 0 heterocycles. The fraction of sp³-hybridized carbons (Fsp3) is 0.625. The second kappa shape index (κ2) is 4.89. The van der Waals surface area contributed by atoms with Crippen molar-refractivity contribution in [3.8, 4) is 0 Å². The van der Waals surface area contributed by atoms with Gasteiger partial charge >= 0.3 is 12.1 Å². The van der Waals surface area contributed by atoms with Crippen molar-refractivity contribution in [3.63, 3.8) is 0 Å². The molecule has 76 valence electrons. The molecule has 0 saturated carbocycles. The van der Waals surface area contributed by atoms with Gasteiger partial charge in [-0.3, -0.25) is 0 Å². The van der Waals surface area contributed by atoms with E-state index in [1.54, 1.807) is 0 Å². The Balaban J connectivity index is 3.92. The van der Waals surface area contributed by atoms with Gasteiger partial charge in [0.15, 0.2) is 0 Å². The average molecular weight is 196 g/mol. The number of halogens is 3. The van der Waals surface area contributed by atoms with Gasteiger partial charge in [-0.25, -0.2) is 4.79 Å². The van der Waals surface area contributed by atoms with Crippen LogP contribution in [0.15, 0.2) is 12.2 Å². The Hall–Kier alpha value is -1.00. The zero-order valence-electron chi connectivity index (χ0n) is 7.28. The minimum absolute atomic E-state index is 0.00440. The van der Waals surface area contributed by atoms with E-state index in [0.717, 1.165) is 6.42 Å². The van der Waals surface area contributed by atoms with Crippen molar-refractivity contribution in [2.45, 2.75) is 25.9 Å². The lowest BCUT2D eigenvalue weighted by Gasteiger charge is -2.08. The Morgan fingerprint density at radius 3 is 2.38 bits per heavy atom. The minimum Gasteiger partial charge on any atom is -0.462 e. The number of carbonyl (C=O) groups excluding carboxylic acids is 1. The second-order valence-electron chi connectivity index (χ2n) is 2.47. The lowest BCUT2D eigenvalue weighted by Crippen LogP contribution is -2.21. The van der Waals surface area contributed by atoms with E-state index in [2.05, 4.69) is 11.3 Å². The Kier molecular flexibility index (Phi) is 4.51. The highest BCUT2D eigenvalue weighted by molar-refractivity contribution is 5.89. The minimum atomic E-state index is -4.69. The Morgan fingerprint density at radius 1 is 1.46 bits per heavy atom. The first-order chi connectivity index (χ1) is 5.89. The predicted octanol–water partition coefficient (Wildman–Crippen LogP) is 2.45. The molecule has 0 atom stereocenters. The van der Waals surface area contributed by atoms with Crippen LogP contribution in [-0.4, -0.2) is 18.8 Å². The van der Waals surface area contributed by atoms with Gasteiger partial charge in [-0.2, -0.15) is 13.2 Å². The third-order valence-electron chi connectivity index (χ3n) is 1.32. The summed E-state index contributed by atoms with van der Waals surface area (Å²) < 4.78 is 39.7. The first-order valence-electron chi connectivity index (χ1n) is 3.82. The zero-order chi connectivity index (χ0) is 10.5. The summed E-state index contributed by atoms with van der Waals surface area (Å²) in [7, 11) is 0. The molecular formula is C8H11F3O2. The van der Waals surface area contributed by atoms with Gasteiger partial charge in [0.1, 0.15) is 5.57 Å². The molecule has 0 aromatic rings. The fourth-order valence-corrected chi connectivity index (χ4v) is 0.512. The van der Waals surface area contributed by atoms with Crippen LogP contribution < -0.4 is 0 Å². The number of unbranched alkanes of at least 4 members (excludes halogenated alkanes) is 1. The summed E-state index contributed by atoms with van der Waals surface area (Å²) in [5.74, 6) is -1.39. The summed E-state index contributed by atoms with van der Waals surface area (Å²) in [6.45, 7) is 4.45. The molecule has 0 radical (unpaired) electrons. The lowest BCUT2D eigenvalue weighted by atomic mass is 10.3. The molecular weight excluding hydrogens is 185 g/mol. The highest BCUT2D eigenvalue weighted by Crippen LogP contribution is 2.24. The molecule has 0 spiro atoms. The molecule has 13 heavy (non-hydrogen) atoms. The van der Waals surface area contributed by atoms with E-state index in [0.29, 0.717) is 6.42 Å². The van der Waals surface area contributed by atoms with Crippen LogP contribution in [-0.2, 0) is 9.53 Å². The quantitative estimate of drug-likeness (QED) is 0.392. The molecule has 0 aromatic heterocycles. The third-order valence-corrected chi connectivity index (χ3v) is 1.32. The summed E-state index contributed by atoms with van der Waals surface area (Å²) in [5.41, 5.74) is -1.45. The summed E-state index contributed by atoms with van der Waals surface area (Å²) in [6.07, 6.45) is -3.38. The van der Waals surface area contributed by atoms with Gasteiger partial charge in [-0.15, -0.1) is 0 Å². The highest BCUT2D eigenvalue weighted by atomic mass is 19.4. The number of rotatable bonds is 4. The zero-order valence-corrected chi connectivity index (χ0v) is 7.28. The Morgan fingerprint density at radius 2 is 2.00 bits per heavy atom. The molecule has 0 amide bonds. The molecule has 0 bridgehead atoms. The van der Waals surface area contributed by atoms with E-state index in [1.165, 1.54) is 0 Å². The van der Waals surface area contributed by atoms with Crippen molar-refractivity contribution in [1.29, 1.82) is 0 Å².